The summed E-state index contributed by atoms with van der Waals surface area (Å²) < 4.78 is 0.878. The maximum Gasteiger partial charge on any atom is 0.251 e. The molecule has 4 aliphatic rings. The number of benzene rings is 3. The second-order valence-corrected chi connectivity index (χ2v) is 11.6. The van der Waals surface area contributed by atoms with Crippen LogP contribution in [0, 0.1) is 19.8 Å². The topological polar surface area (TPSA) is 78.5 Å². The minimum atomic E-state index is -1.41. The van der Waals surface area contributed by atoms with Crippen molar-refractivity contribution in [3.8, 4) is 0 Å². The first kappa shape index (κ1) is 22.9. The van der Waals surface area contributed by atoms with Crippen molar-refractivity contribution in [1.29, 1.82) is 0 Å². The van der Waals surface area contributed by atoms with Gasteiger partial charge in [0.25, 0.3) is 5.91 Å². The second kappa shape index (κ2) is 7.62. The molecule has 37 heavy (non-hydrogen) atoms. The Hall–Kier alpha value is -3.29. The van der Waals surface area contributed by atoms with Crippen LogP contribution in [0.25, 0.3) is 0 Å². The van der Waals surface area contributed by atoms with Crippen LogP contribution in [0.2, 0.25) is 0 Å². The number of halogens is 1. The van der Waals surface area contributed by atoms with Crippen LogP contribution < -0.4 is 10.6 Å². The lowest BCUT2D eigenvalue weighted by Crippen LogP contribution is -2.62. The van der Waals surface area contributed by atoms with Gasteiger partial charge in [0.2, 0.25) is 5.91 Å². The third kappa shape index (κ3) is 2.61. The molecule has 2 fully saturated rings. The summed E-state index contributed by atoms with van der Waals surface area (Å²) in [6.07, 6.45) is 1.61. The van der Waals surface area contributed by atoms with Gasteiger partial charge in [0.05, 0.1) is 5.92 Å². The fourth-order valence-corrected chi connectivity index (χ4v) is 8.09. The monoisotopic (exact) mass is 555 g/mol. The molecule has 4 heterocycles. The number of hydrogen-bond acceptors (Lipinski definition) is 4. The van der Waals surface area contributed by atoms with E-state index in [0.717, 1.165) is 45.3 Å². The lowest BCUT2D eigenvalue weighted by Gasteiger charge is -2.43. The highest BCUT2D eigenvalue weighted by Gasteiger charge is 2.81. The molecule has 0 aromatic heterocycles. The molecule has 2 amide bonds. The molecule has 0 bridgehead atoms. The standard InChI is InChI=1S/C30H26BrN3O3/c1-16-14-17(2)25-21(15-16)30(28(37)33-25)29(20-6-3-4-7-22(20)32-27(29)36)24(23-8-5-13-34(23)30)26(35)18-9-11-19(31)12-10-18/h3-4,6-7,9-12,14-15,23-24H,5,8,13H2,1-2H3,(H,32,36)(H,33,37)/t23-,24+,29-,30+/m1/s1. The van der Waals surface area contributed by atoms with Crippen molar-refractivity contribution < 1.29 is 14.4 Å². The smallest absolute Gasteiger partial charge is 0.251 e. The molecule has 3 aromatic rings. The van der Waals surface area contributed by atoms with Crippen molar-refractivity contribution in [2.24, 2.45) is 5.92 Å². The number of nitrogens with zero attached hydrogens (tertiary/aromatic N) is 1. The number of Topliss-reactive ketones (excluding diaryl/α,β-unsaturated/α-hetero) is 1. The van der Waals surface area contributed by atoms with E-state index in [9.17, 15) is 14.4 Å². The molecule has 0 aliphatic carbocycles. The zero-order valence-electron chi connectivity index (χ0n) is 20.6. The predicted molar refractivity (Wildman–Crippen MR) is 145 cm³/mol. The molecule has 0 radical (unpaired) electrons. The SMILES string of the molecule is Cc1cc(C)c2c(c1)[C@@]1(C(=O)N2)N2CCC[C@@H]2[C@@H](C(=O)c2ccc(Br)cc2)[C@]12C(=O)Nc1ccccc12. The molecule has 0 unspecified atom stereocenters. The van der Waals surface area contributed by atoms with E-state index in [1.54, 1.807) is 12.1 Å². The van der Waals surface area contributed by atoms with Crippen molar-refractivity contribution in [3.05, 3.63) is 93.0 Å². The van der Waals surface area contributed by atoms with Gasteiger partial charge < -0.3 is 10.6 Å². The van der Waals surface area contributed by atoms with Gasteiger partial charge in [-0.3, -0.25) is 19.3 Å². The molecule has 2 saturated heterocycles. The van der Waals surface area contributed by atoms with Crippen LogP contribution >= 0.6 is 15.9 Å². The molecule has 4 aliphatic heterocycles. The predicted octanol–water partition coefficient (Wildman–Crippen LogP) is 5.08. The van der Waals surface area contributed by atoms with Gasteiger partial charge in [0.1, 0.15) is 11.0 Å². The molecule has 3 aromatic carbocycles. The fourth-order valence-electron chi connectivity index (χ4n) is 7.83. The van der Waals surface area contributed by atoms with Gasteiger partial charge in [-0.15, -0.1) is 0 Å². The number of aryl methyl sites for hydroxylation is 2. The van der Waals surface area contributed by atoms with Gasteiger partial charge in [-0.2, -0.15) is 0 Å². The van der Waals surface area contributed by atoms with E-state index in [1.165, 1.54) is 0 Å². The van der Waals surface area contributed by atoms with Crippen molar-refractivity contribution in [1.82, 2.24) is 4.90 Å². The van der Waals surface area contributed by atoms with Gasteiger partial charge in [0.15, 0.2) is 5.78 Å². The van der Waals surface area contributed by atoms with Crippen molar-refractivity contribution in [2.45, 2.75) is 43.7 Å². The van der Waals surface area contributed by atoms with E-state index in [4.69, 9.17) is 0 Å². The summed E-state index contributed by atoms with van der Waals surface area (Å²) in [4.78, 5) is 45.7. The number of fused-ring (bicyclic) bond motifs is 7. The lowest BCUT2D eigenvalue weighted by atomic mass is 9.57. The average molecular weight is 556 g/mol. The summed E-state index contributed by atoms with van der Waals surface area (Å²) in [7, 11) is 0. The Morgan fingerprint density at radius 3 is 2.51 bits per heavy atom. The van der Waals surface area contributed by atoms with Crippen LogP contribution in [0.1, 0.15) is 45.5 Å². The Bertz CT molecular complexity index is 1530. The Morgan fingerprint density at radius 2 is 1.73 bits per heavy atom. The second-order valence-electron chi connectivity index (χ2n) is 10.7. The number of carbonyl (C=O) groups is 3. The maximum atomic E-state index is 14.6. The summed E-state index contributed by atoms with van der Waals surface area (Å²) in [5.74, 6) is -1.32. The first-order valence-electron chi connectivity index (χ1n) is 12.7. The van der Waals surface area contributed by atoms with Gasteiger partial charge in [0, 0.05) is 33.0 Å². The largest absolute Gasteiger partial charge is 0.325 e. The van der Waals surface area contributed by atoms with E-state index < -0.39 is 16.9 Å². The van der Waals surface area contributed by atoms with Crippen LogP contribution in [0.4, 0.5) is 11.4 Å². The number of ketones is 1. The van der Waals surface area contributed by atoms with Crippen LogP contribution in [0.5, 0.6) is 0 Å². The number of amides is 2. The van der Waals surface area contributed by atoms with E-state index in [0.29, 0.717) is 17.8 Å². The molecule has 186 valence electrons. The van der Waals surface area contributed by atoms with E-state index in [1.807, 2.05) is 62.4 Å². The highest BCUT2D eigenvalue weighted by atomic mass is 79.9. The van der Waals surface area contributed by atoms with Crippen molar-refractivity contribution in [2.75, 3.05) is 17.2 Å². The molecule has 2 N–H and O–H groups in total. The highest BCUT2D eigenvalue weighted by molar-refractivity contribution is 9.10. The Balaban J connectivity index is 1.60. The van der Waals surface area contributed by atoms with Gasteiger partial charge in [-0.1, -0.05) is 64.0 Å². The maximum absolute atomic E-state index is 14.6. The number of nitrogens with one attached hydrogen (secondary N) is 2. The minimum absolute atomic E-state index is 0.0984. The van der Waals surface area contributed by atoms with E-state index in [2.05, 4.69) is 31.5 Å². The summed E-state index contributed by atoms with van der Waals surface area (Å²) in [6, 6.07) is 18.7. The molecule has 0 saturated carbocycles. The van der Waals surface area contributed by atoms with Crippen LogP contribution in [-0.2, 0) is 20.5 Å². The van der Waals surface area contributed by atoms with E-state index >= 15 is 0 Å². The lowest BCUT2D eigenvalue weighted by molar-refractivity contribution is -0.137. The zero-order valence-corrected chi connectivity index (χ0v) is 22.2. The van der Waals surface area contributed by atoms with Crippen LogP contribution in [0.15, 0.2) is 65.1 Å². The van der Waals surface area contributed by atoms with Crippen LogP contribution in [-0.4, -0.2) is 35.1 Å². The first-order chi connectivity index (χ1) is 17.8. The van der Waals surface area contributed by atoms with E-state index in [-0.39, 0.29) is 23.6 Å². The number of carbonyl (C=O) groups excluding carboxylic acids is 3. The summed E-state index contributed by atoms with van der Waals surface area (Å²) in [5, 5.41) is 6.26. The number of para-hydroxylation sites is 1. The molecule has 2 spiro atoms. The molecule has 4 atom stereocenters. The minimum Gasteiger partial charge on any atom is -0.325 e. The molecular weight excluding hydrogens is 530 g/mol. The molecule has 6 nitrogen and oxygen atoms in total. The number of rotatable bonds is 2. The zero-order chi connectivity index (χ0) is 25.7. The first-order valence-corrected chi connectivity index (χ1v) is 13.5. The Morgan fingerprint density at radius 1 is 0.973 bits per heavy atom. The summed E-state index contributed by atoms with van der Waals surface area (Å²) >= 11 is 3.47. The van der Waals surface area contributed by atoms with Gasteiger partial charge in [-0.25, -0.2) is 0 Å². The highest BCUT2D eigenvalue weighted by Crippen LogP contribution is 2.68. The normalized spacial score (nSPS) is 29.4. The van der Waals surface area contributed by atoms with Gasteiger partial charge in [-0.05, 0) is 62.6 Å². The third-order valence-electron chi connectivity index (χ3n) is 8.96. The number of hydrogen-bond donors (Lipinski definition) is 2. The third-order valence-corrected chi connectivity index (χ3v) is 9.49. The molecule has 7 heteroatoms. The Kier molecular flexibility index (Phi) is 4.71. The van der Waals surface area contributed by atoms with Crippen molar-refractivity contribution >= 4 is 44.9 Å². The fraction of sp³-hybridized carbons (Fsp3) is 0.300. The summed E-state index contributed by atoms with van der Waals surface area (Å²) in [5.41, 5.74) is 2.76. The Labute approximate surface area is 223 Å². The number of anilines is 2. The quantitative estimate of drug-likeness (QED) is 0.432. The van der Waals surface area contributed by atoms with Crippen molar-refractivity contribution in [3.63, 3.8) is 0 Å². The molecular formula is C30H26BrN3O3. The summed E-state index contributed by atoms with van der Waals surface area (Å²) in [6.45, 7) is 4.65. The molecule has 7 rings (SSSR count). The average Bonchev–Trinajstić information content (AvgIpc) is 3.59. The van der Waals surface area contributed by atoms with Gasteiger partial charge >= 0.3 is 0 Å². The van der Waals surface area contributed by atoms with Crippen LogP contribution in [0.3, 0.4) is 0 Å².